The van der Waals surface area contributed by atoms with Crippen LogP contribution in [0.25, 0.3) is 83.9 Å². The molecule has 0 saturated heterocycles. The molecule has 2 aromatic heterocycles. The second-order valence-electron chi connectivity index (χ2n) is 18.2. The summed E-state index contributed by atoms with van der Waals surface area (Å²) in [5.41, 5.74) is 13.5. The van der Waals surface area contributed by atoms with Gasteiger partial charge >= 0.3 is 0 Å². The van der Waals surface area contributed by atoms with Crippen molar-refractivity contribution in [3.63, 3.8) is 0 Å². The number of imidazole rings is 1. The van der Waals surface area contributed by atoms with Gasteiger partial charge in [-0.15, -0.1) is 23.8 Å². The fourth-order valence-electron chi connectivity index (χ4n) is 8.15. The van der Waals surface area contributed by atoms with Crippen LogP contribution in [0.3, 0.4) is 0 Å². The first-order chi connectivity index (χ1) is 31.4. The molecule has 4 nitrogen and oxygen atoms in total. The van der Waals surface area contributed by atoms with Crippen LogP contribution in [0.5, 0.6) is 5.75 Å². The number of hydrogen-bond acceptors (Lipinski definition) is 3. The summed E-state index contributed by atoms with van der Waals surface area (Å²) in [6, 6.07) is 48.5. The fraction of sp³-hybridized carbons (Fsp3) is 0.172. The summed E-state index contributed by atoms with van der Waals surface area (Å²) >= 11 is 0. The molecule has 0 spiro atoms. The van der Waals surface area contributed by atoms with Gasteiger partial charge in [-0.3, -0.25) is 9.55 Å². The van der Waals surface area contributed by atoms with E-state index in [4.69, 9.17) is 15.5 Å². The zero-order chi connectivity index (χ0) is 46.8. The molecular formula is C58H52N3OPt-. The van der Waals surface area contributed by atoms with Gasteiger partial charge in [0, 0.05) is 44.1 Å². The molecule has 0 amide bonds. The molecule has 0 aliphatic heterocycles. The first-order valence-electron chi connectivity index (χ1n) is 23.1. The quantitative estimate of drug-likeness (QED) is 0.162. The summed E-state index contributed by atoms with van der Waals surface area (Å²) < 4.78 is 36.9. The van der Waals surface area contributed by atoms with Crippen molar-refractivity contribution >= 4 is 11.0 Å². The topological polar surface area (TPSA) is 50.9 Å². The predicted octanol–water partition coefficient (Wildman–Crippen LogP) is 15.1. The van der Waals surface area contributed by atoms with Crippen LogP contribution in [0, 0.1) is 19.9 Å². The SMILES string of the molecule is [2H]c1c([2H])c(-c2ccnc(-c3[c-]c(-c4cccc5c4nc(-c4cc(C(C)(C)C)cc(C(C)(C)C)c4O)n5-c4ccc(C)cc4-c4ccccc4)cc(-c4ccccc4)c3)c2)c([2H])c([2H])c1C.[Pt]. The van der Waals surface area contributed by atoms with E-state index in [2.05, 4.69) is 144 Å². The molecule has 1 N–H and O–H groups in total. The van der Waals surface area contributed by atoms with Gasteiger partial charge in [0.05, 0.1) is 27.8 Å². The molecule has 0 bridgehead atoms. The Labute approximate surface area is 392 Å². The monoisotopic (exact) mass is 1010 g/mol. The van der Waals surface area contributed by atoms with Crippen LogP contribution in [0.4, 0.5) is 0 Å². The Morgan fingerprint density at radius 1 is 0.571 bits per heavy atom. The summed E-state index contributed by atoms with van der Waals surface area (Å²) in [4.78, 5) is 10.4. The zero-order valence-corrected chi connectivity index (χ0v) is 39.2. The van der Waals surface area contributed by atoms with Gasteiger partial charge in [0.15, 0.2) is 0 Å². The number of nitrogens with zero attached hydrogens (tertiary/aromatic N) is 3. The van der Waals surface area contributed by atoms with Crippen molar-refractivity contribution in [2.24, 2.45) is 0 Å². The third-order valence-corrected chi connectivity index (χ3v) is 11.5. The van der Waals surface area contributed by atoms with Gasteiger partial charge in [-0.05, 0) is 82.8 Å². The van der Waals surface area contributed by atoms with Crippen molar-refractivity contribution in [3.05, 3.63) is 192 Å². The van der Waals surface area contributed by atoms with E-state index < -0.39 is 0 Å². The molecule has 0 aliphatic rings. The molecular weight excluding hydrogens is 950 g/mol. The molecule has 0 saturated carbocycles. The Morgan fingerprint density at radius 2 is 1.25 bits per heavy atom. The number of benzene rings is 7. The molecule has 0 fully saturated rings. The van der Waals surface area contributed by atoms with Gasteiger partial charge in [0.1, 0.15) is 11.6 Å². The molecule has 0 unspecified atom stereocenters. The van der Waals surface area contributed by atoms with E-state index >= 15 is 0 Å². The van der Waals surface area contributed by atoms with Gasteiger partial charge in [0.2, 0.25) is 0 Å². The maximum absolute atomic E-state index is 12.5. The number of rotatable bonds is 7. The van der Waals surface area contributed by atoms with E-state index in [0.29, 0.717) is 33.8 Å². The molecule has 9 rings (SSSR count). The predicted molar refractivity (Wildman–Crippen MR) is 259 cm³/mol. The van der Waals surface area contributed by atoms with E-state index in [1.54, 1.807) is 19.2 Å². The van der Waals surface area contributed by atoms with Crippen molar-refractivity contribution in [2.45, 2.75) is 66.2 Å². The maximum Gasteiger partial charge on any atom is 0.148 e. The Hall–Kier alpha value is -6.35. The third-order valence-electron chi connectivity index (χ3n) is 11.5. The average Bonchev–Trinajstić information content (AvgIpc) is 3.69. The summed E-state index contributed by atoms with van der Waals surface area (Å²) in [6.45, 7) is 16.7. The number of fused-ring (bicyclic) bond motifs is 1. The van der Waals surface area contributed by atoms with Crippen molar-refractivity contribution < 1.29 is 31.7 Å². The second kappa shape index (κ2) is 17.1. The van der Waals surface area contributed by atoms with E-state index in [-0.39, 0.29) is 67.4 Å². The molecule has 2 heterocycles. The minimum atomic E-state index is -0.368. The first-order valence-corrected chi connectivity index (χ1v) is 21.1. The molecule has 0 atom stereocenters. The van der Waals surface area contributed by atoms with Gasteiger partial charge in [-0.2, -0.15) is 0 Å². The van der Waals surface area contributed by atoms with E-state index in [0.717, 1.165) is 66.8 Å². The number of pyridine rings is 1. The van der Waals surface area contributed by atoms with Crippen LogP contribution in [0.1, 0.15) is 69.3 Å². The van der Waals surface area contributed by atoms with Crippen LogP contribution in [0.2, 0.25) is 0 Å². The Bertz CT molecular complexity index is 3320. The minimum Gasteiger partial charge on any atom is -0.507 e. The maximum atomic E-state index is 12.5. The van der Waals surface area contributed by atoms with Crippen LogP contribution in [-0.4, -0.2) is 19.6 Å². The number of phenols is 1. The molecule has 5 heteroatoms. The number of aromatic hydroxyl groups is 1. The normalized spacial score (nSPS) is 12.6. The number of para-hydroxylation sites is 1. The van der Waals surface area contributed by atoms with E-state index in [9.17, 15) is 5.11 Å². The summed E-state index contributed by atoms with van der Waals surface area (Å²) in [5.74, 6) is 0.808. The third kappa shape index (κ3) is 8.58. The van der Waals surface area contributed by atoms with Crippen molar-refractivity contribution in [1.82, 2.24) is 14.5 Å². The number of aromatic nitrogens is 3. The summed E-state index contributed by atoms with van der Waals surface area (Å²) in [5, 5.41) is 12.5. The molecule has 63 heavy (non-hydrogen) atoms. The smallest absolute Gasteiger partial charge is 0.148 e. The van der Waals surface area contributed by atoms with Gasteiger partial charge < -0.3 is 5.11 Å². The van der Waals surface area contributed by atoms with Crippen LogP contribution >= 0.6 is 0 Å². The molecule has 0 aliphatic carbocycles. The Kier molecular flexibility index (Phi) is 10.4. The molecule has 316 valence electrons. The van der Waals surface area contributed by atoms with E-state index in [1.165, 1.54) is 0 Å². The average molecular weight is 1010 g/mol. The standard InChI is InChI=1S/C58H52N3O.Pt/c1-37-22-25-40(26-23-37)42-28-29-59-51(34-42)45-32-43(39-16-11-9-12-17-39)31-44(33-45)47-20-15-21-53-54(47)60-56(49-35-46(57(3,4)5)36-50(55(49)62)58(6,7)8)61(53)52-27-24-38(2)30-48(52)41-18-13-10-14-19-41;/h9-32,34-36,62H,1-8H3;/q-1;/i22D,23D,25D,26D;. The van der Waals surface area contributed by atoms with Gasteiger partial charge in [-0.1, -0.05) is 185 Å². The van der Waals surface area contributed by atoms with Gasteiger partial charge in [-0.25, -0.2) is 4.98 Å². The second-order valence-corrected chi connectivity index (χ2v) is 18.2. The number of aryl methyl sites for hydroxylation is 1. The largest absolute Gasteiger partial charge is 0.507 e. The van der Waals surface area contributed by atoms with Crippen molar-refractivity contribution in [2.75, 3.05) is 0 Å². The molecule has 7 aromatic carbocycles. The Morgan fingerprint density at radius 3 is 1.94 bits per heavy atom. The number of phenolic OH excluding ortho intramolecular Hbond substituents is 1. The van der Waals surface area contributed by atoms with Crippen molar-refractivity contribution in [3.8, 4) is 78.6 Å². The summed E-state index contributed by atoms with van der Waals surface area (Å²) in [7, 11) is 0. The van der Waals surface area contributed by atoms with Crippen LogP contribution in [0.15, 0.2) is 164 Å². The van der Waals surface area contributed by atoms with Crippen LogP contribution < -0.4 is 0 Å². The first kappa shape index (κ1) is 38.3. The summed E-state index contributed by atoms with van der Waals surface area (Å²) in [6.07, 6.45) is 1.64. The number of hydrogen-bond donors (Lipinski definition) is 1. The Balaban J connectivity index is 0.00000608. The molecule has 0 radical (unpaired) electrons. The van der Waals surface area contributed by atoms with E-state index in [1.807, 2.05) is 42.5 Å². The fourth-order valence-corrected chi connectivity index (χ4v) is 8.15. The van der Waals surface area contributed by atoms with Crippen molar-refractivity contribution in [1.29, 1.82) is 0 Å². The van der Waals surface area contributed by atoms with Crippen LogP contribution in [-0.2, 0) is 31.9 Å². The molecule has 9 aromatic rings. The minimum absolute atomic E-state index is 0. The van der Waals surface area contributed by atoms with Gasteiger partial charge in [0.25, 0.3) is 0 Å². The zero-order valence-electron chi connectivity index (χ0n) is 40.9.